The number of benzene rings is 2. The smallest absolute Gasteiger partial charge is 0.279 e. The fraction of sp³-hybridized carbons (Fsp3) is 0.364. The number of carbonyl (C=O) groups excluding carboxylic acids is 1. The second kappa shape index (κ2) is 9.84. The van der Waals surface area contributed by atoms with E-state index in [1.54, 1.807) is 23.7 Å². The molecule has 0 saturated carbocycles. The Bertz CT molecular complexity index is 1250. The first-order valence-electron chi connectivity index (χ1n) is 10.2. The Labute approximate surface area is 185 Å². The van der Waals surface area contributed by atoms with Gasteiger partial charge in [-0.3, -0.25) is 4.79 Å². The number of hydrogen-bond donors (Lipinski definition) is 0. The summed E-state index contributed by atoms with van der Waals surface area (Å²) in [7, 11) is -2.05. The summed E-state index contributed by atoms with van der Waals surface area (Å²) in [6, 6.07) is 10.6. The van der Waals surface area contributed by atoms with Crippen LogP contribution in [0.2, 0.25) is 0 Å². The first-order valence-corrected chi connectivity index (χ1v) is 12.5. The number of fused-ring (bicyclic) bond motifs is 1. The number of carbonyl (C=O) groups is 1. The first-order chi connectivity index (χ1) is 14.8. The standard InChI is InChI=1S/C22H26FN3O3S2/c1-4-6-15-25(3)31(28,29)17-12-10-16(11-13-17)21(27)24-22-26(14-5-2)20-18(23)8-7-9-19(20)30-22/h7-13H,4-6,14-15H2,1-3H3. The molecule has 0 saturated heterocycles. The molecule has 2 aromatic carbocycles. The molecule has 166 valence electrons. The molecule has 0 atom stereocenters. The van der Waals surface area contributed by atoms with E-state index in [0.29, 0.717) is 23.4 Å². The van der Waals surface area contributed by atoms with Crippen molar-refractivity contribution in [2.24, 2.45) is 4.99 Å². The van der Waals surface area contributed by atoms with Crippen LogP contribution in [-0.2, 0) is 16.6 Å². The van der Waals surface area contributed by atoms with Gasteiger partial charge in [-0.2, -0.15) is 4.99 Å². The molecule has 1 heterocycles. The topological polar surface area (TPSA) is 71.7 Å². The monoisotopic (exact) mass is 463 g/mol. The minimum absolute atomic E-state index is 0.132. The van der Waals surface area contributed by atoms with E-state index >= 15 is 0 Å². The molecule has 0 aliphatic heterocycles. The third kappa shape index (κ3) is 4.94. The number of rotatable bonds is 8. The Kier molecular flexibility index (Phi) is 7.40. The van der Waals surface area contributed by atoms with Crippen LogP contribution in [0.4, 0.5) is 4.39 Å². The summed E-state index contributed by atoms with van der Waals surface area (Å²) in [4.78, 5) is 17.5. The number of para-hydroxylation sites is 1. The van der Waals surface area contributed by atoms with Crippen LogP contribution in [0, 0.1) is 5.82 Å². The van der Waals surface area contributed by atoms with Crippen LogP contribution >= 0.6 is 11.3 Å². The molecule has 0 unspecified atom stereocenters. The minimum atomic E-state index is -3.60. The van der Waals surface area contributed by atoms with Crippen LogP contribution in [0.25, 0.3) is 10.2 Å². The van der Waals surface area contributed by atoms with Crippen molar-refractivity contribution in [2.45, 2.75) is 44.6 Å². The highest BCUT2D eigenvalue weighted by Crippen LogP contribution is 2.21. The molecular formula is C22H26FN3O3S2. The van der Waals surface area contributed by atoms with E-state index in [1.165, 1.54) is 46.0 Å². The minimum Gasteiger partial charge on any atom is -0.314 e. The molecule has 0 N–H and O–H groups in total. The lowest BCUT2D eigenvalue weighted by molar-refractivity contribution is 0.0997. The van der Waals surface area contributed by atoms with Gasteiger partial charge in [0.05, 0.1) is 15.1 Å². The van der Waals surface area contributed by atoms with Crippen LogP contribution in [-0.4, -0.2) is 36.8 Å². The van der Waals surface area contributed by atoms with E-state index < -0.39 is 15.9 Å². The highest BCUT2D eigenvalue weighted by molar-refractivity contribution is 7.89. The zero-order valence-electron chi connectivity index (χ0n) is 17.8. The summed E-state index contributed by atoms with van der Waals surface area (Å²) < 4.78 is 43.4. The second-order valence-corrected chi connectivity index (χ2v) is 10.3. The Morgan fingerprint density at radius 1 is 1.13 bits per heavy atom. The highest BCUT2D eigenvalue weighted by atomic mass is 32.2. The predicted octanol–water partition coefficient (Wildman–Crippen LogP) is 4.41. The number of aryl methyl sites for hydroxylation is 1. The third-order valence-corrected chi connectivity index (χ3v) is 7.85. The lowest BCUT2D eigenvalue weighted by atomic mass is 10.2. The van der Waals surface area contributed by atoms with Crippen molar-refractivity contribution in [1.29, 1.82) is 0 Å². The van der Waals surface area contributed by atoms with E-state index in [0.717, 1.165) is 24.0 Å². The molecule has 31 heavy (non-hydrogen) atoms. The molecule has 6 nitrogen and oxygen atoms in total. The van der Waals surface area contributed by atoms with Crippen molar-refractivity contribution >= 4 is 37.5 Å². The molecule has 0 aliphatic carbocycles. The second-order valence-electron chi connectivity index (χ2n) is 7.24. The summed E-state index contributed by atoms with van der Waals surface area (Å²) in [5.74, 6) is -0.849. The number of sulfonamides is 1. The lowest BCUT2D eigenvalue weighted by Gasteiger charge is -2.16. The molecule has 0 fully saturated rings. The summed E-state index contributed by atoms with van der Waals surface area (Å²) in [5, 5.41) is 0. The van der Waals surface area contributed by atoms with Gasteiger partial charge in [0.2, 0.25) is 10.0 Å². The van der Waals surface area contributed by atoms with Gasteiger partial charge in [0, 0.05) is 25.7 Å². The van der Waals surface area contributed by atoms with Gasteiger partial charge in [-0.05, 0) is 49.2 Å². The van der Waals surface area contributed by atoms with Crippen LogP contribution in [0.3, 0.4) is 0 Å². The summed E-state index contributed by atoms with van der Waals surface area (Å²) in [6.07, 6.45) is 2.44. The van der Waals surface area contributed by atoms with Crippen LogP contribution in [0.1, 0.15) is 43.5 Å². The fourth-order valence-electron chi connectivity index (χ4n) is 3.20. The van der Waals surface area contributed by atoms with E-state index in [4.69, 9.17) is 0 Å². The van der Waals surface area contributed by atoms with Gasteiger partial charge in [0.25, 0.3) is 5.91 Å². The van der Waals surface area contributed by atoms with Crippen LogP contribution < -0.4 is 4.80 Å². The molecule has 3 aromatic rings. The Morgan fingerprint density at radius 2 is 1.84 bits per heavy atom. The normalized spacial score (nSPS) is 12.7. The SMILES string of the molecule is CCCCN(C)S(=O)(=O)c1ccc(C(=O)N=c2sc3cccc(F)c3n2CCC)cc1. The first kappa shape index (κ1) is 23.3. The van der Waals surface area contributed by atoms with Gasteiger partial charge < -0.3 is 4.57 Å². The molecular weight excluding hydrogens is 437 g/mol. The largest absolute Gasteiger partial charge is 0.314 e. The Hall–Kier alpha value is -2.36. The zero-order valence-corrected chi connectivity index (χ0v) is 19.5. The van der Waals surface area contributed by atoms with Crippen molar-refractivity contribution in [2.75, 3.05) is 13.6 Å². The zero-order chi connectivity index (χ0) is 22.6. The summed E-state index contributed by atoms with van der Waals surface area (Å²) >= 11 is 1.25. The average Bonchev–Trinajstić information content (AvgIpc) is 3.10. The van der Waals surface area contributed by atoms with Gasteiger partial charge in [-0.25, -0.2) is 17.1 Å². The molecule has 1 aromatic heterocycles. The fourth-order valence-corrected chi connectivity index (χ4v) is 5.48. The molecule has 0 spiro atoms. The predicted molar refractivity (Wildman–Crippen MR) is 121 cm³/mol. The number of unbranched alkanes of at least 4 members (excludes halogenated alkanes) is 1. The van der Waals surface area contributed by atoms with E-state index in [2.05, 4.69) is 4.99 Å². The van der Waals surface area contributed by atoms with Crippen molar-refractivity contribution in [1.82, 2.24) is 8.87 Å². The van der Waals surface area contributed by atoms with Gasteiger partial charge in [0.15, 0.2) is 4.80 Å². The van der Waals surface area contributed by atoms with Crippen LogP contribution in [0.5, 0.6) is 0 Å². The maximum Gasteiger partial charge on any atom is 0.279 e. The molecule has 1 amide bonds. The highest BCUT2D eigenvalue weighted by Gasteiger charge is 2.20. The Balaban J connectivity index is 1.93. The number of nitrogens with zero attached hydrogens (tertiary/aromatic N) is 3. The van der Waals surface area contributed by atoms with Crippen molar-refractivity contribution in [3.63, 3.8) is 0 Å². The quantitative estimate of drug-likeness (QED) is 0.497. The van der Waals surface area contributed by atoms with E-state index in [9.17, 15) is 17.6 Å². The molecule has 0 aliphatic rings. The summed E-state index contributed by atoms with van der Waals surface area (Å²) in [6.45, 7) is 4.95. The molecule has 0 radical (unpaired) electrons. The third-order valence-electron chi connectivity index (χ3n) is 4.93. The number of hydrogen-bond acceptors (Lipinski definition) is 4. The van der Waals surface area contributed by atoms with Crippen molar-refractivity contribution < 1.29 is 17.6 Å². The van der Waals surface area contributed by atoms with Crippen molar-refractivity contribution in [3.8, 4) is 0 Å². The van der Waals surface area contributed by atoms with Gasteiger partial charge in [0.1, 0.15) is 5.82 Å². The number of halogens is 1. The number of aromatic nitrogens is 1. The maximum absolute atomic E-state index is 14.3. The van der Waals surface area contributed by atoms with Gasteiger partial charge in [-0.15, -0.1) is 0 Å². The average molecular weight is 464 g/mol. The summed E-state index contributed by atoms with van der Waals surface area (Å²) in [5.41, 5.74) is 0.716. The number of thiazole rings is 1. The van der Waals surface area contributed by atoms with Gasteiger partial charge in [-0.1, -0.05) is 37.7 Å². The number of amides is 1. The van der Waals surface area contributed by atoms with Crippen molar-refractivity contribution in [3.05, 3.63) is 58.6 Å². The van der Waals surface area contributed by atoms with E-state index in [-0.39, 0.29) is 16.3 Å². The molecule has 9 heteroatoms. The lowest BCUT2D eigenvalue weighted by Crippen LogP contribution is -2.27. The van der Waals surface area contributed by atoms with E-state index in [1.807, 2.05) is 13.8 Å². The van der Waals surface area contributed by atoms with Crippen LogP contribution in [0.15, 0.2) is 52.4 Å². The maximum atomic E-state index is 14.3. The Morgan fingerprint density at radius 3 is 2.48 bits per heavy atom. The molecule has 0 bridgehead atoms. The van der Waals surface area contributed by atoms with Gasteiger partial charge >= 0.3 is 0 Å². The molecule has 3 rings (SSSR count).